The van der Waals surface area contributed by atoms with Crippen molar-refractivity contribution < 1.29 is 14.3 Å². The molecule has 13 heavy (non-hydrogen) atoms. The predicted octanol–water partition coefficient (Wildman–Crippen LogP) is 2.54. The highest BCUT2D eigenvalue weighted by molar-refractivity contribution is 5.60. The predicted molar refractivity (Wildman–Crippen MR) is 51.5 cm³/mol. The molecule has 74 valence electrons. The third-order valence-corrected chi connectivity index (χ3v) is 1.32. The van der Waals surface area contributed by atoms with Crippen molar-refractivity contribution >= 4 is 6.16 Å². The fourth-order valence-electron chi connectivity index (χ4n) is 0.657. The molecule has 0 amide bonds. The van der Waals surface area contributed by atoms with E-state index in [0.717, 1.165) is 0 Å². The molecule has 0 radical (unpaired) electrons. The van der Waals surface area contributed by atoms with Crippen LogP contribution in [0, 0.1) is 5.92 Å². The Morgan fingerprint density at radius 3 is 2.38 bits per heavy atom. The molecule has 0 aromatic carbocycles. The summed E-state index contributed by atoms with van der Waals surface area (Å²) in [4.78, 5) is 10.7. The number of carbonyl (C=O) groups excluding carboxylic acids is 1. The lowest BCUT2D eigenvalue weighted by atomic mass is 10.2. The van der Waals surface area contributed by atoms with Crippen LogP contribution in [0.5, 0.6) is 0 Å². The molecule has 3 nitrogen and oxygen atoms in total. The Labute approximate surface area is 79.0 Å². The first-order valence-electron chi connectivity index (χ1n) is 4.15. The summed E-state index contributed by atoms with van der Waals surface area (Å²) >= 11 is 0. The van der Waals surface area contributed by atoms with E-state index in [1.807, 2.05) is 19.9 Å². The number of ether oxygens (including phenoxy) is 2. The van der Waals surface area contributed by atoms with Gasteiger partial charge in [0.2, 0.25) is 0 Å². The van der Waals surface area contributed by atoms with E-state index in [1.54, 1.807) is 6.08 Å². The summed E-state index contributed by atoms with van der Waals surface area (Å²) < 4.78 is 9.18. The van der Waals surface area contributed by atoms with Crippen molar-refractivity contribution in [1.82, 2.24) is 0 Å². The van der Waals surface area contributed by atoms with Crippen LogP contribution in [-0.4, -0.2) is 19.4 Å². The normalized spacial score (nSPS) is 12.9. The SMILES string of the molecule is C=CC(/C=C/C(C)C)OC(=O)OC. The summed E-state index contributed by atoms with van der Waals surface area (Å²) in [6.45, 7) is 7.62. The largest absolute Gasteiger partial charge is 0.508 e. The van der Waals surface area contributed by atoms with Gasteiger partial charge in [0.1, 0.15) is 6.10 Å². The fourth-order valence-corrected chi connectivity index (χ4v) is 0.657. The molecular weight excluding hydrogens is 168 g/mol. The van der Waals surface area contributed by atoms with Gasteiger partial charge in [-0.25, -0.2) is 4.79 Å². The summed E-state index contributed by atoms with van der Waals surface area (Å²) in [5.41, 5.74) is 0. The maximum Gasteiger partial charge on any atom is 0.508 e. The van der Waals surface area contributed by atoms with Crippen molar-refractivity contribution in [1.29, 1.82) is 0 Å². The summed E-state index contributed by atoms with van der Waals surface area (Å²) in [5.74, 6) is 0.420. The van der Waals surface area contributed by atoms with Crippen LogP contribution < -0.4 is 0 Å². The Morgan fingerprint density at radius 2 is 2.00 bits per heavy atom. The van der Waals surface area contributed by atoms with E-state index in [2.05, 4.69) is 11.3 Å². The van der Waals surface area contributed by atoms with Gasteiger partial charge in [0.05, 0.1) is 7.11 Å². The van der Waals surface area contributed by atoms with Gasteiger partial charge in [-0.3, -0.25) is 0 Å². The maximum atomic E-state index is 10.7. The van der Waals surface area contributed by atoms with E-state index >= 15 is 0 Å². The van der Waals surface area contributed by atoms with Crippen LogP contribution in [0.2, 0.25) is 0 Å². The number of allylic oxidation sites excluding steroid dienone is 1. The molecule has 0 aliphatic heterocycles. The summed E-state index contributed by atoms with van der Waals surface area (Å²) in [6.07, 6.45) is 4.15. The van der Waals surface area contributed by atoms with E-state index in [1.165, 1.54) is 13.2 Å². The lowest BCUT2D eigenvalue weighted by molar-refractivity contribution is 0.0650. The van der Waals surface area contributed by atoms with Gasteiger partial charge >= 0.3 is 6.16 Å². The first-order valence-corrected chi connectivity index (χ1v) is 4.15. The molecule has 1 atom stereocenters. The van der Waals surface area contributed by atoms with Crippen LogP contribution in [0.1, 0.15) is 13.8 Å². The first-order chi connectivity index (χ1) is 6.10. The Morgan fingerprint density at radius 1 is 1.38 bits per heavy atom. The smallest absolute Gasteiger partial charge is 0.438 e. The second-order valence-corrected chi connectivity index (χ2v) is 2.90. The lowest BCUT2D eigenvalue weighted by Crippen LogP contribution is -2.13. The molecule has 1 unspecified atom stereocenters. The van der Waals surface area contributed by atoms with Crippen molar-refractivity contribution in [3.05, 3.63) is 24.8 Å². The molecule has 0 saturated heterocycles. The Balaban J connectivity index is 4.03. The van der Waals surface area contributed by atoms with Gasteiger partial charge in [0.25, 0.3) is 0 Å². The third kappa shape index (κ3) is 5.96. The topological polar surface area (TPSA) is 35.5 Å². The van der Waals surface area contributed by atoms with E-state index in [9.17, 15) is 4.79 Å². The van der Waals surface area contributed by atoms with Crippen molar-refractivity contribution in [3.63, 3.8) is 0 Å². The Kier molecular flexibility index (Phi) is 5.68. The number of rotatable bonds is 4. The highest BCUT2D eigenvalue weighted by Gasteiger charge is 2.06. The van der Waals surface area contributed by atoms with Gasteiger partial charge in [-0.05, 0) is 18.1 Å². The van der Waals surface area contributed by atoms with E-state index < -0.39 is 12.3 Å². The minimum absolute atomic E-state index is 0.408. The van der Waals surface area contributed by atoms with Gasteiger partial charge in [-0.2, -0.15) is 0 Å². The van der Waals surface area contributed by atoms with Crippen LogP contribution in [0.25, 0.3) is 0 Å². The van der Waals surface area contributed by atoms with Crippen LogP contribution in [0.3, 0.4) is 0 Å². The number of hydrogen-bond donors (Lipinski definition) is 0. The molecule has 0 fully saturated rings. The second kappa shape index (κ2) is 6.29. The minimum Gasteiger partial charge on any atom is -0.438 e. The molecule has 0 bridgehead atoms. The van der Waals surface area contributed by atoms with Gasteiger partial charge in [0.15, 0.2) is 0 Å². The van der Waals surface area contributed by atoms with Crippen LogP contribution in [-0.2, 0) is 9.47 Å². The quantitative estimate of drug-likeness (QED) is 0.497. The van der Waals surface area contributed by atoms with Crippen molar-refractivity contribution in [3.8, 4) is 0 Å². The van der Waals surface area contributed by atoms with Gasteiger partial charge in [0, 0.05) is 0 Å². The van der Waals surface area contributed by atoms with Gasteiger partial charge < -0.3 is 9.47 Å². The summed E-state index contributed by atoms with van der Waals surface area (Å²) in [5, 5.41) is 0. The Bertz CT molecular complexity index is 194. The van der Waals surface area contributed by atoms with Crippen molar-refractivity contribution in [2.45, 2.75) is 20.0 Å². The number of carbonyl (C=O) groups is 1. The number of methoxy groups -OCH3 is 1. The van der Waals surface area contributed by atoms with Crippen molar-refractivity contribution in [2.24, 2.45) is 5.92 Å². The number of hydrogen-bond acceptors (Lipinski definition) is 3. The lowest BCUT2D eigenvalue weighted by Gasteiger charge is -2.08. The molecule has 3 heteroatoms. The molecule has 0 aromatic rings. The molecule has 0 aliphatic rings. The average molecular weight is 184 g/mol. The first kappa shape index (κ1) is 11.8. The molecule has 0 aliphatic carbocycles. The average Bonchev–Trinajstić information content (AvgIpc) is 2.11. The maximum absolute atomic E-state index is 10.7. The van der Waals surface area contributed by atoms with E-state index in [-0.39, 0.29) is 0 Å². The zero-order valence-corrected chi connectivity index (χ0v) is 8.32. The van der Waals surface area contributed by atoms with E-state index in [0.29, 0.717) is 5.92 Å². The molecule has 0 rings (SSSR count). The fraction of sp³-hybridized carbons (Fsp3) is 0.500. The highest BCUT2D eigenvalue weighted by atomic mass is 16.7. The van der Waals surface area contributed by atoms with Crippen LogP contribution >= 0.6 is 0 Å². The molecule has 0 spiro atoms. The molecular formula is C10H16O3. The van der Waals surface area contributed by atoms with E-state index in [4.69, 9.17) is 4.74 Å². The zero-order valence-electron chi connectivity index (χ0n) is 8.32. The Hall–Kier alpha value is -1.25. The molecule has 0 aromatic heterocycles. The summed E-state index contributed by atoms with van der Waals surface area (Å²) in [6, 6.07) is 0. The molecule has 0 saturated carbocycles. The minimum atomic E-state index is -0.696. The second-order valence-electron chi connectivity index (χ2n) is 2.90. The van der Waals surface area contributed by atoms with Gasteiger partial charge in [-0.15, -0.1) is 0 Å². The van der Waals surface area contributed by atoms with Crippen LogP contribution in [0.4, 0.5) is 4.79 Å². The van der Waals surface area contributed by atoms with Crippen LogP contribution in [0.15, 0.2) is 24.8 Å². The third-order valence-electron chi connectivity index (χ3n) is 1.32. The van der Waals surface area contributed by atoms with Crippen molar-refractivity contribution in [2.75, 3.05) is 7.11 Å². The zero-order chi connectivity index (χ0) is 10.3. The standard InChI is InChI=1S/C10H16O3/c1-5-9(7-6-8(2)3)13-10(11)12-4/h5-9H,1H2,2-4H3/b7-6+. The molecule has 0 N–H and O–H groups in total. The van der Waals surface area contributed by atoms with Gasteiger partial charge in [-0.1, -0.05) is 26.5 Å². The highest BCUT2D eigenvalue weighted by Crippen LogP contribution is 2.01. The molecule has 0 heterocycles. The summed E-state index contributed by atoms with van der Waals surface area (Å²) in [7, 11) is 1.27. The monoisotopic (exact) mass is 184 g/mol.